The van der Waals surface area contributed by atoms with Gasteiger partial charge in [0.15, 0.2) is 0 Å². The van der Waals surface area contributed by atoms with Crippen LogP contribution in [0.15, 0.2) is 65.6 Å². The fourth-order valence-electron chi connectivity index (χ4n) is 4.51. The summed E-state index contributed by atoms with van der Waals surface area (Å²) in [5, 5.41) is 5.63. The molecule has 31 heavy (non-hydrogen) atoms. The summed E-state index contributed by atoms with van der Waals surface area (Å²) >= 11 is 0. The minimum absolute atomic E-state index is 0.0376. The lowest BCUT2D eigenvalue weighted by atomic mass is 9.99. The van der Waals surface area contributed by atoms with E-state index in [1.54, 1.807) is 6.07 Å². The number of ether oxygens (including phenoxy) is 1. The lowest BCUT2D eigenvalue weighted by Crippen LogP contribution is -2.37. The number of hydrogen-bond acceptors (Lipinski definition) is 4. The smallest absolute Gasteiger partial charge is 0.253 e. The van der Waals surface area contributed by atoms with E-state index in [1.165, 1.54) is 0 Å². The van der Waals surface area contributed by atoms with Crippen molar-refractivity contribution in [1.29, 1.82) is 0 Å². The molecule has 0 bridgehead atoms. The molecule has 0 amide bonds. The van der Waals surface area contributed by atoms with E-state index >= 15 is 0 Å². The Bertz CT molecular complexity index is 1280. The minimum Gasteiger partial charge on any atom is -0.378 e. The third-order valence-electron chi connectivity index (χ3n) is 6.05. The average molecular weight is 415 g/mol. The Morgan fingerprint density at radius 2 is 1.77 bits per heavy atom. The van der Waals surface area contributed by atoms with Gasteiger partial charge in [-0.3, -0.25) is 9.48 Å². The number of hydrogen-bond donors (Lipinski definition) is 0. The molecule has 6 heteroatoms. The van der Waals surface area contributed by atoms with Crippen molar-refractivity contribution in [3.8, 4) is 22.4 Å². The average Bonchev–Trinajstić information content (AvgIpc) is 3.21. The quantitative estimate of drug-likeness (QED) is 0.508. The van der Waals surface area contributed by atoms with Crippen LogP contribution in [0.4, 0.5) is 5.69 Å². The zero-order valence-electron chi connectivity index (χ0n) is 17.9. The highest BCUT2D eigenvalue weighted by molar-refractivity contribution is 5.96. The van der Waals surface area contributed by atoms with Crippen molar-refractivity contribution in [3.05, 3.63) is 71.1 Å². The van der Waals surface area contributed by atoms with E-state index in [2.05, 4.69) is 40.3 Å². The lowest BCUT2D eigenvalue weighted by Gasteiger charge is -2.30. The Hall–Kier alpha value is -3.38. The number of benzene rings is 2. The molecule has 6 nitrogen and oxygen atoms in total. The Labute approximate surface area is 181 Å². The second-order valence-corrected chi connectivity index (χ2v) is 7.84. The Kier molecular flexibility index (Phi) is 5.08. The van der Waals surface area contributed by atoms with Gasteiger partial charge in [0.2, 0.25) is 0 Å². The van der Waals surface area contributed by atoms with Crippen LogP contribution in [0.1, 0.15) is 6.92 Å². The number of aromatic nitrogens is 3. The number of nitrogens with zero attached hydrogens (tertiary/aromatic N) is 4. The molecule has 1 aliphatic heterocycles. The van der Waals surface area contributed by atoms with E-state index in [9.17, 15) is 4.79 Å². The van der Waals surface area contributed by atoms with Gasteiger partial charge in [0.25, 0.3) is 5.56 Å². The molecule has 1 aliphatic rings. The monoisotopic (exact) mass is 414 g/mol. The summed E-state index contributed by atoms with van der Waals surface area (Å²) in [6, 6.07) is 18.5. The normalized spacial score (nSPS) is 14.3. The molecule has 1 saturated heterocycles. The summed E-state index contributed by atoms with van der Waals surface area (Å²) < 4.78 is 9.29. The van der Waals surface area contributed by atoms with Gasteiger partial charge < -0.3 is 14.2 Å². The van der Waals surface area contributed by atoms with E-state index in [4.69, 9.17) is 4.74 Å². The van der Waals surface area contributed by atoms with Gasteiger partial charge in [-0.05, 0) is 24.6 Å². The summed E-state index contributed by atoms with van der Waals surface area (Å²) in [4.78, 5) is 15.1. The zero-order valence-corrected chi connectivity index (χ0v) is 17.9. The van der Waals surface area contributed by atoms with Crippen molar-refractivity contribution in [2.24, 2.45) is 7.05 Å². The van der Waals surface area contributed by atoms with Crippen molar-refractivity contribution < 1.29 is 4.74 Å². The van der Waals surface area contributed by atoms with Crippen LogP contribution in [0.3, 0.4) is 0 Å². The molecule has 1 fully saturated rings. The zero-order chi connectivity index (χ0) is 21.4. The van der Waals surface area contributed by atoms with Crippen molar-refractivity contribution in [3.63, 3.8) is 0 Å². The molecule has 0 N–H and O–H groups in total. The van der Waals surface area contributed by atoms with Crippen LogP contribution in [0, 0.1) is 0 Å². The van der Waals surface area contributed by atoms with Gasteiger partial charge >= 0.3 is 0 Å². The molecule has 0 radical (unpaired) electrons. The number of rotatable bonds is 4. The third kappa shape index (κ3) is 3.43. The molecule has 3 heterocycles. The van der Waals surface area contributed by atoms with Crippen LogP contribution in [-0.4, -0.2) is 40.7 Å². The number of aryl methyl sites for hydroxylation is 2. The van der Waals surface area contributed by atoms with Crippen LogP contribution >= 0.6 is 0 Å². The molecular formula is C25H26N4O2. The second kappa shape index (κ2) is 8.04. The van der Waals surface area contributed by atoms with E-state index in [-0.39, 0.29) is 5.56 Å². The van der Waals surface area contributed by atoms with E-state index in [0.29, 0.717) is 19.8 Å². The highest BCUT2D eigenvalue weighted by Gasteiger charge is 2.19. The maximum absolute atomic E-state index is 12.8. The van der Waals surface area contributed by atoms with Crippen molar-refractivity contribution in [2.75, 3.05) is 31.2 Å². The van der Waals surface area contributed by atoms with Gasteiger partial charge in [-0.2, -0.15) is 5.10 Å². The molecular weight excluding hydrogens is 388 g/mol. The van der Waals surface area contributed by atoms with Gasteiger partial charge in [-0.1, -0.05) is 36.4 Å². The second-order valence-electron chi connectivity index (χ2n) is 7.84. The van der Waals surface area contributed by atoms with Gasteiger partial charge in [0, 0.05) is 49.3 Å². The highest BCUT2D eigenvalue weighted by atomic mass is 16.5. The molecule has 0 atom stereocenters. The molecule has 0 saturated carbocycles. The Morgan fingerprint density at radius 3 is 2.52 bits per heavy atom. The minimum atomic E-state index is 0.0376. The number of pyridine rings is 1. The van der Waals surface area contributed by atoms with E-state index in [0.717, 1.165) is 52.1 Å². The first-order valence-electron chi connectivity index (χ1n) is 10.8. The highest BCUT2D eigenvalue weighted by Crippen LogP contribution is 2.35. The Balaban J connectivity index is 1.72. The summed E-state index contributed by atoms with van der Waals surface area (Å²) in [5.74, 6) is 0. The van der Waals surface area contributed by atoms with Crippen molar-refractivity contribution in [2.45, 2.75) is 13.5 Å². The van der Waals surface area contributed by atoms with Crippen LogP contribution in [0.25, 0.3) is 33.3 Å². The first kappa shape index (κ1) is 19.6. The number of anilines is 1. The van der Waals surface area contributed by atoms with Crippen LogP contribution in [0.2, 0.25) is 0 Å². The topological polar surface area (TPSA) is 52.3 Å². The predicted molar refractivity (Wildman–Crippen MR) is 125 cm³/mol. The molecule has 2 aromatic carbocycles. The van der Waals surface area contributed by atoms with Crippen LogP contribution in [0.5, 0.6) is 0 Å². The van der Waals surface area contributed by atoms with Gasteiger partial charge in [0.05, 0.1) is 36.3 Å². The predicted octanol–water partition coefficient (Wildman–Crippen LogP) is 3.93. The van der Waals surface area contributed by atoms with Gasteiger partial charge in [0.1, 0.15) is 0 Å². The molecule has 2 aromatic heterocycles. The third-order valence-corrected chi connectivity index (χ3v) is 6.05. The molecule has 0 unspecified atom stereocenters. The SMILES string of the molecule is CCn1c(=O)cc(N2CCOCC2)c2cc(-c3cnn(C)c3-c3ccccc3)ccc21. The first-order chi connectivity index (χ1) is 15.2. The number of morpholine rings is 1. The molecule has 0 aliphatic carbocycles. The Morgan fingerprint density at radius 1 is 1.00 bits per heavy atom. The molecule has 5 rings (SSSR count). The molecule has 0 spiro atoms. The van der Waals surface area contributed by atoms with E-state index in [1.807, 2.05) is 47.6 Å². The fourth-order valence-corrected chi connectivity index (χ4v) is 4.51. The van der Waals surface area contributed by atoms with Gasteiger partial charge in [-0.25, -0.2) is 0 Å². The van der Waals surface area contributed by atoms with E-state index < -0.39 is 0 Å². The molecule has 158 valence electrons. The maximum atomic E-state index is 12.8. The summed E-state index contributed by atoms with van der Waals surface area (Å²) in [5.41, 5.74) is 6.37. The maximum Gasteiger partial charge on any atom is 0.253 e. The van der Waals surface area contributed by atoms with Crippen LogP contribution in [-0.2, 0) is 18.3 Å². The van der Waals surface area contributed by atoms with Gasteiger partial charge in [-0.15, -0.1) is 0 Å². The van der Waals surface area contributed by atoms with Crippen LogP contribution < -0.4 is 10.5 Å². The largest absolute Gasteiger partial charge is 0.378 e. The first-order valence-corrected chi connectivity index (χ1v) is 10.8. The lowest BCUT2D eigenvalue weighted by molar-refractivity contribution is 0.123. The molecule has 4 aromatic rings. The summed E-state index contributed by atoms with van der Waals surface area (Å²) in [6.07, 6.45) is 1.92. The number of fused-ring (bicyclic) bond motifs is 1. The fraction of sp³-hybridized carbons (Fsp3) is 0.280. The summed E-state index contributed by atoms with van der Waals surface area (Å²) in [6.45, 7) is 5.59. The van der Waals surface area contributed by atoms with Crippen molar-refractivity contribution >= 4 is 16.6 Å². The standard InChI is InChI=1S/C25H26N4O2/c1-3-29-22-10-9-19(21-17-26-27(2)25(21)18-7-5-4-6-8-18)15-20(22)23(16-24(29)30)28-11-13-31-14-12-28/h4-10,15-17H,3,11-14H2,1-2H3. The summed E-state index contributed by atoms with van der Waals surface area (Å²) in [7, 11) is 1.97. The van der Waals surface area contributed by atoms with Crippen molar-refractivity contribution in [1.82, 2.24) is 14.3 Å².